The van der Waals surface area contributed by atoms with E-state index < -0.39 is 0 Å². The number of amides is 1. The molecule has 0 atom stereocenters. The van der Waals surface area contributed by atoms with Crippen LogP contribution in [0.4, 0.5) is 0 Å². The molecule has 1 aromatic heterocycles. The summed E-state index contributed by atoms with van der Waals surface area (Å²) in [6.45, 7) is 12.9. The van der Waals surface area contributed by atoms with Gasteiger partial charge in [0.25, 0.3) is 5.91 Å². The molecule has 0 fully saturated rings. The van der Waals surface area contributed by atoms with Crippen molar-refractivity contribution in [2.45, 2.75) is 40.5 Å². The van der Waals surface area contributed by atoms with Crippen LogP contribution in [0.25, 0.3) is 0 Å². The van der Waals surface area contributed by atoms with Crippen molar-refractivity contribution in [3.63, 3.8) is 0 Å². The molecule has 1 heterocycles. The number of carbonyl (C=O) groups is 1. The summed E-state index contributed by atoms with van der Waals surface area (Å²) in [6, 6.07) is 0. The average molecular weight is 392 g/mol. The first kappa shape index (κ1) is 22.3. The van der Waals surface area contributed by atoms with E-state index in [4.69, 9.17) is 5.73 Å². The Balaban J connectivity index is 2.82. The maximum Gasteiger partial charge on any atom is 0.252 e. The molecule has 0 spiro atoms. The highest BCUT2D eigenvalue weighted by atomic mass is 32.1. The van der Waals surface area contributed by atoms with Gasteiger partial charge >= 0.3 is 0 Å². The first-order valence-electron chi connectivity index (χ1n) is 8.73. The van der Waals surface area contributed by atoms with Crippen LogP contribution in [0.15, 0.2) is 45.2 Å². The van der Waals surface area contributed by atoms with Crippen molar-refractivity contribution in [2.24, 2.45) is 10.7 Å². The highest BCUT2D eigenvalue weighted by Crippen LogP contribution is 2.22. The molecule has 1 aromatic rings. The molecular formula is C20H29N3OS2. The van der Waals surface area contributed by atoms with Crippen molar-refractivity contribution in [3.05, 3.63) is 56.2 Å². The lowest BCUT2D eigenvalue weighted by Crippen LogP contribution is -2.25. The van der Waals surface area contributed by atoms with E-state index >= 15 is 0 Å². The first-order valence-corrected chi connectivity index (χ1v) is 10.1. The zero-order valence-corrected chi connectivity index (χ0v) is 17.8. The summed E-state index contributed by atoms with van der Waals surface area (Å²) >= 11 is 5.96. The quantitative estimate of drug-likeness (QED) is 0.249. The molecule has 6 heteroatoms. The van der Waals surface area contributed by atoms with E-state index in [9.17, 15) is 4.79 Å². The molecule has 0 radical (unpaired) electrons. The van der Waals surface area contributed by atoms with Gasteiger partial charge in [-0.05, 0) is 43.9 Å². The van der Waals surface area contributed by atoms with Gasteiger partial charge in [-0.15, -0.1) is 24.0 Å². The molecule has 0 saturated heterocycles. The summed E-state index contributed by atoms with van der Waals surface area (Å²) < 4.78 is 0. The van der Waals surface area contributed by atoms with Gasteiger partial charge in [0.1, 0.15) is 5.84 Å². The lowest BCUT2D eigenvalue weighted by Gasteiger charge is -2.07. The topological polar surface area (TPSA) is 67.5 Å². The summed E-state index contributed by atoms with van der Waals surface area (Å²) in [4.78, 5) is 18.6. The fourth-order valence-electron chi connectivity index (χ4n) is 2.32. The second-order valence-electron chi connectivity index (χ2n) is 6.01. The molecular weight excluding hydrogens is 362 g/mol. The Labute approximate surface area is 166 Å². The highest BCUT2D eigenvalue weighted by molar-refractivity contribution is 7.84. The SMILES string of the molecule is C=C/C(CC)=C(S)\C=C(\C)CNC(=O)c1csc(C(N)=NCCC)c1C. The average Bonchev–Trinajstić information content (AvgIpc) is 3.00. The zero-order chi connectivity index (χ0) is 19.7. The molecule has 0 bridgehead atoms. The monoisotopic (exact) mass is 391 g/mol. The van der Waals surface area contributed by atoms with Crippen LogP contribution in [0, 0.1) is 6.92 Å². The normalized spacial score (nSPS) is 13.4. The maximum atomic E-state index is 12.5. The number of amidine groups is 1. The molecule has 0 aliphatic rings. The highest BCUT2D eigenvalue weighted by Gasteiger charge is 2.16. The number of thiol groups is 1. The van der Waals surface area contributed by atoms with Crippen LogP contribution in [0.2, 0.25) is 0 Å². The van der Waals surface area contributed by atoms with Crippen molar-refractivity contribution >= 4 is 35.7 Å². The minimum atomic E-state index is -0.106. The molecule has 0 aromatic carbocycles. The number of nitrogens with one attached hydrogen (secondary N) is 1. The number of allylic oxidation sites excluding steroid dienone is 3. The maximum absolute atomic E-state index is 12.5. The molecule has 1 rings (SSSR count). The number of rotatable bonds is 9. The number of thiophene rings is 1. The van der Waals surface area contributed by atoms with Crippen LogP contribution >= 0.6 is 24.0 Å². The molecule has 0 saturated carbocycles. The standard InChI is InChI=1S/C20H29N3OS2/c1-6-9-22-19(21)18-14(5)16(12-26-18)20(24)23-11-13(4)10-17(25)15(7-2)8-3/h7,10,12,25H,2,6,8-9,11H2,1,3-5H3,(H2,21,22)(H,23,24)/b13-10-,17-15-. The number of aliphatic imine (C=N–C) groups is 1. The second-order valence-corrected chi connectivity index (χ2v) is 7.37. The van der Waals surface area contributed by atoms with Crippen molar-refractivity contribution < 1.29 is 4.79 Å². The Morgan fingerprint density at radius 1 is 1.46 bits per heavy atom. The molecule has 4 nitrogen and oxygen atoms in total. The lowest BCUT2D eigenvalue weighted by atomic mass is 10.1. The Bertz CT molecular complexity index is 742. The second kappa shape index (κ2) is 11.0. The van der Waals surface area contributed by atoms with Crippen LogP contribution in [0.3, 0.4) is 0 Å². The van der Waals surface area contributed by atoms with Gasteiger partial charge in [0.2, 0.25) is 0 Å². The third-order valence-electron chi connectivity index (χ3n) is 3.89. The van der Waals surface area contributed by atoms with Crippen LogP contribution < -0.4 is 11.1 Å². The predicted molar refractivity (Wildman–Crippen MR) is 118 cm³/mol. The van der Waals surface area contributed by atoms with Gasteiger partial charge in [0.15, 0.2) is 0 Å². The largest absolute Gasteiger partial charge is 0.383 e. The Hall–Kier alpha value is -1.79. The Morgan fingerprint density at radius 2 is 2.15 bits per heavy atom. The number of carbonyl (C=O) groups excluding carboxylic acids is 1. The minimum absolute atomic E-state index is 0.106. The van der Waals surface area contributed by atoms with Crippen LogP contribution in [0.5, 0.6) is 0 Å². The smallest absolute Gasteiger partial charge is 0.252 e. The minimum Gasteiger partial charge on any atom is -0.383 e. The van der Waals surface area contributed by atoms with E-state index in [-0.39, 0.29) is 5.91 Å². The zero-order valence-electron chi connectivity index (χ0n) is 16.1. The summed E-state index contributed by atoms with van der Waals surface area (Å²) in [6.07, 6.45) is 5.59. The van der Waals surface area contributed by atoms with Crippen molar-refractivity contribution in [1.82, 2.24) is 5.32 Å². The molecule has 0 aliphatic heterocycles. The number of hydrogen-bond donors (Lipinski definition) is 3. The van der Waals surface area contributed by atoms with E-state index in [2.05, 4.69) is 43.4 Å². The van der Waals surface area contributed by atoms with Gasteiger partial charge in [-0.3, -0.25) is 9.79 Å². The fraction of sp³-hybridized carbons (Fsp3) is 0.400. The number of hydrogen-bond acceptors (Lipinski definition) is 4. The summed E-state index contributed by atoms with van der Waals surface area (Å²) in [5, 5.41) is 4.79. The molecule has 0 unspecified atom stereocenters. The number of nitrogens with zero attached hydrogens (tertiary/aromatic N) is 1. The lowest BCUT2D eigenvalue weighted by molar-refractivity contribution is 0.0957. The van der Waals surface area contributed by atoms with Gasteiger partial charge in [-0.25, -0.2) is 0 Å². The fourth-order valence-corrected chi connectivity index (χ4v) is 3.78. The van der Waals surface area contributed by atoms with Crippen LogP contribution in [-0.2, 0) is 0 Å². The third kappa shape index (κ3) is 6.18. The molecule has 0 aliphatic carbocycles. The molecule has 142 valence electrons. The summed E-state index contributed by atoms with van der Waals surface area (Å²) in [5.41, 5.74) is 9.65. The van der Waals surface area contributed by atoms with Gasteiger partial charge in [-0.2, -0.15) is 0 Å². The van der Waals surface area contributed by atoms with E-state index in [1.54, 1.807) is 0 Å². The Kier molecular flexibility index (Phi) is 9.44. The molecule has 26 heavy (non-hydrogen) atoms. The van der Waals surface area contributed by atoms with E-state index in [0.29, 0.717) is 24.5 Å². The van der Waals surface area contributed by atoms with Crippen molar-refractivity contribution in [1.29, 1.82) is 0 Å². The first-order chi connectivity index (χ1) is 12.3. The van der Waals surface area contributed by atoms with Crippen LogP contribution in [0.1, 0.15) is 54.4 Å². The Morgan fingerprint density at radius 3 is 2.73 bits per heavy atom. The van der Waals surface area contributed by atoms with Crippen molar-refractivity contribution in [3.8, 4) is 0 Å². The van der Waals surface area contributed by atoms with Gasteiger partial charge in [0, 0.05) is 23.4 Å². The van der Waals surface area contributed by atoms with E-state index in [1.165, 1.54) is 11.3 Å². The van der Waals surface area contributed by atoms with Gasteiger partial charge in [-0.1, -0.05) is 32.1 Å². The third-order valence-corrected chi connectivity index (χ3v) is 5.41. The van der Waals surface area contributed by atoms with Crippen molar-refractivity contribution in [2.75, 3.05) is 13.1 Å². The van der Waals surface area contributed by atoms with E-state index in [1.807, 2.05) is 31.4 Å². The van der Waals surface area contributed by atoms with E-state index in [0.717, 1.165) is 39.3 Å². The summed E-state index contributed by atoms with van der Waals surface area (Å²) in [5.74, 6) is 0.399. The molecule has 1 amide bonds. The summed E-state index contributed by atoms with van der Waals surface area (Å²) in [7, 11) is 0. The predicted octanol–water partition coefficient (Wildman–Crippen LogP) is 4.63. The number of nitrogens with two attached hydrogens (primary N) is 1. The van der Waals surface area contributed by atoms with Gasteiger partial charge < -0.3 is 11.1 Å². The van der Waals surface area contributed by atoms with Gasteiger partial charge in [0.05, 0.1) is 10.4 Å². The molecule has 3 N–H and O–H groups in total. The van der Waals surface area contributed by atoms with Crippen LogP contribution in [-0.4, -0.2) is 24.8 Å².